The number of hydrogen-bond acceptors (Lipinski definition) is 2. The average molecular weight is 220 g/mol. The standard InChI is InChI=1S/C14H20O2/c1-2-5-12-7-9-13(10-8-12)16-14-6-3-4-11-15-14/h7-10,14H,2-6,11H2,1H3. The second kappa shape index (κ2) is 5.90. The van der Waals surface area contributed by atoms with Gasteiger partial charge in [-0.15, -0.1) is 0 Å². The third-order valence-corrected chi connectivity index (χ3v) is 2.87. The van der Waals surface area contributed by atoms with Crippen LogP contribution in [0.2, 0.25) is 0 Å². The summed E-state index contributed by atoms with van der Waals surface area (Å²) >= 11 is 0. The summed E-state index contributed by atoms with van der Waals surface area (Å²) in [6, 6.07) is 8.37. The summed E-state index contributed by atoms with van der Waals surface area (Å²) < 4.78 is 11.3. The van der Waals surface area contributed by atoms with Crippen molar-refractivity contribution in [3.63, 3.8) is 0 Å². The van der Waals surface area contributed by atoms with Gasteiger partial charge in [-0.25, -0.2) is 0 Å². The van der Waals surface area contributed by atoms with Gasteiger partial charge in [0, 0.05) is 6.42 Å². The molecular formula is C14H20O2. The van der Waals surface area contributed by atoms with Crippen LogP contribution in [0.3, 0.4) is 0 Å². The lowest BCUT2D eigenvalue weighted by molar-refractivity contribution is -0.105. The molecule has 0 aliphatic carbocycles. The zero-order valence-electron chi connectivity index (χ0n) is 9.95. The van der Waals surface area contributed by atoms with Crippen LogP contribution in [0, 0.1) is 0 Å². The van der Waals surface area contributed by atoms with E-state index in [2.05, 4.69) is 19.1 Å². The molecule has 1 fully saturated rings. The molecule has 0 radical (unpaired) electrons. The van der Waals surface area contributed by atoms with Gasteiger partial charge < -0.3 is 9.47 Å². The van der Waals surface area contributed by atoms with Gasteiger partial charge in [0.05, 0.1) is 6.61 Å². The molecule has 1 atom stereocenters. The topological polar surface area (TPSA) is 18.5 Å². The van der Waals surface area contributed by atoms with Crippen molar-refractivity contribution in [1.29, 1.82) is 0 Å². The van der Waals surface area contributed by atoms with Crippen molar-refractivity contribution in [3.8, 4) is 5.75 Å². The molecule has 0 amide bonds. The second-order valence-electron chi connectivity index (χ2n) is 4.31. The van der Waals surface area contributed by atoms with Crippen molar-refractivity contribution in [1.82, 2.24) is 0 Å². The Kier molecular flexibility index (Phi) is 4.23. The fraction of sp³-hybridized carbons (Fsp3) is 0.571. The Bertz CT molecular complexity index is 299. The smallest absolute Gasteiger partial charge is 0.199 e. The van der Waals surface area contributed by atoms with Crippen LogP contribution < -0.4 is 4.74 Å². The average Bonchev–Trinajstić information content (AvgIpc) is 2.33. The molecule has 88 valence electrons. The zero-order chi connectivity index (χ0) is 11.2. The number of ether oxygens (including phenoxy) is 2. The summed E-state index contributed by atoms with van der Waals surface area (Å²) in [7, 11) is 0. The molecule has 1 aliphatic heterocycles. The molecule has 2 nitrogen and oxygen atoms in total. The van der Waals surface area contributed by atoms with Crippen LogP contribution in [-0.4, -0.2) is 12.9 Å². The number of aryl methyl sites for hydroxylation is 1. The van der Waals surface area contributed by atoms with E-state index in [0.29, 0.717) is 0 Å². The van der Waals surface area contributed by atoms with Gasteiger partial charge in [-0.2, -0.15) is 0 Å². The molecular weight excluding hydrogens is 200 g/mol. The first-order chi connectivity index (χ1) is 7.88. The Balaban J connectivity index is 1.88. The van der Waals surface area contributed by atoms with Gasteiger partial charge in [0.1, 0.15) is 5.75 Å². The van der Waals surface area contributed by atoms with Gasteiger partial charge in [0.2, 0.25) is 0 Å². The van der Waals surface area contributed by atoms with Crippen molar-refractivity contribution in [2.75, 3.05) is 6.61 Å². The highest BCUT2D eigenvalue weighted by Crippen LogP contribution is 2.19. The first-order valence-electron chi connectivity index (χ1n) is 6.25. The molecule has 1 aromatic carbocycles. The van der Waals surface area contributed by atoms with Crippen molar-refractivity contribution < 1.29 is 9.47 Å². The minimum atomic E-state index is -0.0363. The number of rotatable bonds is 4. The maximum Gasteiger partial charge on any atom is 0.199 e. The van der Waals surface area contributed by atoms with E-state index in [9.17, 15) is 0 Å². The monoisotopic (exact) mass is 220 g/mol. The summed E-state index contributed by atoms with van der Waals surface area (Å²) in [5.41, 5.74) is 1.37. The predicted molar refractivity (Wildman–Crippen MR) is 64.7 cm³/mol. The lowest BCUT2D eigenvalue weighted by Crippen LogP contribution is -2.24. The zero-order valence-corrected chi connectivity index (χ0v) is 9.95. The summed E-state index contributed by atoms with van der Waals surface area (Å²) in [4.78, 5) is 0. The number of benzene rings is 1. The molecule has 0 saturated carbocycles. The maximum atomic E-state index is 5.77. The molecule has 2 rings (SSSR count). The van der Waals surface area contributed by atoms with Crippen molar-refractivity contribution in [2.45, 2.75) is 45.3 Å². The summed E-state index contributed by atoms with van der Waals surface area (Å²) in [6.07, 6.45) is 5.67. The highest BCUT2D eigenvalue weighted by atomic mass is 16.7. The van der Waals surface area contributed by atoms with Crippen LogP contribution in [0.4, 0.5) is 0 Å². The molecule has 0 spiro atoms. The summed E-state index contributed by atoms with van der Waals surface area (Å²) in [5, 5.41) is 0. The highest BCUT2D eigenvalue weighted by Gasteiger charge is 2.14. The minimum absolute atomic E-state index is 0.0363. The molecule has 1 aromatic rings. The SMILES string of the molecule is CCCc1ccc(OC2CCCCO2)cc1. The fourth-order valence-corrected chi connectivity index (χ4v) is 1.98. The molecule has 1 saturated heterocycles. The highest BCUT2D eigenvalue weighted by molar-refractivity contribution is 5.27. The van der Waals surface area contributed by atoms with Crippen LogP contribution in [-0.2, 0) is 11.2 Å². The van der Waals surface area contributed by atoms with Crippen LogP contribution in [0.25, 0.3) is 0 Å². The lowest BCUT2D eigenvalue weighted by atomic mass is 10.1. The molecule has 16 heavy (non-hydrogen) atoms. The molecule has 2 heteroatoms. The van der Waals surface area contributed by atoms with E-state index in [1.807, 2.05) is 12.1 Å². The Morgan fingerprint density at radius 2 is 2.06 bits per heavy atom. The maximum absolute atomic E-state index is 5.77. The van der Waals surface area contributed by atoms with E-state index in [1.165, 1.54) is 18.4 Å². The first kappa shape index (κ1) is 11.5. The van der Waals surface area contributed by atoms with E-state index in [0.717, 1.165) is 31.6 Å². The Morgan fingerprint density at radius 3 is 2.69 bits per heavy atom. The molecule has 1 aliphatic rings. The predicted octanol–water partition coefficient (Wildman–Crippen LogP) is 3.54. The third kappa shape index (κ3) is 3.24. The van der Waals surface area contributed by atoms with Gasteiger partial charge in [-0.05, 0) is 37.0 Å². The second-order valence-corrected chi connectivity index (χ2v) is 4.31. The first-order valence-corrected chi connectivity index (χ1v) is 6.25. The van der Waals surface area contributed by atoms with E-state index in [1.54, 1.807) is 0 Å². The van der Waals surface area contributed by atoms with E-state index in [4.69, 9.17) is 9.47 Å². The van der Waals surface area contributed by atoms with E-state index >= 15 is 0 Å². The van der Waals surface area contributed by atoms with Crippen molar-refractivity contribution in [2.24, 2.45) is 0 Å². The normalized spacial score (nSPS) is 20.7. The van der Waals surface area contributed by atoms with Crippen LogP contribution in [0.1, 0.15) is 38.2 Å². The van der Waals surface area contributed by atoms with Gasteiger partial charge in [0.15, 0.2) is 6.29 Å². The molecule has 1 unspecified atom stereocenters. The minimum Gasteiger partial charge on any atom is -0.465 e. The quantitative estimate of drug-likeness (QED) is 0.772. The van der Waals surface area contributed by atoms with Crippen molar-refractivity contribution >= 4 is 0 Å². The van der Waals surface area contributed by atoms with Gasteiger partial charge >= 0.3 is 0 Å². The van der Waals surface area contributed by atoms with Crippen LogP contribution in [0.15, 0.2) is 24.3 Å². The van der Waals surface area contributed by atoms with Crippen LogP contribution in [0.5, 0.6) is 5.75 Å². The summed E-state index contributed by atoms with van der Waals surface area (Å²) in [6.45, 7) is 3.03. The Hall–Kier alpha value is -1.02. The van der Waals surface area contributed by atoms with Crippen molar-refractivity contribution in [3.05, 3.63) is 29.8 Å². The summed E-state index contributed by atoms with van der Waals surface area (Å²) in [5.74, 6) is 0.923. The molecule has 0 N–H and O–H groups in total. The van der Waals surface area contributed by atoms with Gasteiger partial charge in [-0.1, -0.05) is 25.5 Å². The molecule has 0 bridgehead atoms. The molecule has 0 aromatic heterocycles. The van der Waals surface area contributed by atoms with E-state index in [-0.39, 0.29) is 6.29 Å². The van der Waals surface area contributed by atoms with Crippen LogP contribution >= 0.6 is 0 Å². The Labute approximate surface area is 97.6 Å². The fourth-order valence-electron chi connectivity index (χ4n) is 1.98. The third-order valence-electron chi connectivity index (χ3n) is 2.87. The van der Waals surface area contributed by atoms with E-state index < -0.39 is 0 Å². The van der Waals surface area contributed by atoms with Gasteiger partial charge in [-0.3, -0.25) is 0 Å². The Morgan fingerprint density at radius 1 is 1.25 bits per heavy atom. The molecule has 1 heterocycles. The lowest BCUT2D eigenvalue weighted by Gasteiger charge is -2.23. The van der Waals surface area contributed by atoms with Gasteiger partial charge in [0.25, 0.3) is 0 Å². The number of hydrogen-bond donors (Lipinski definition) is 0. The largest absolute Gasteiger partial charge is 0.465 e.